The van der Waals surface area contributed by atoms with Gasteiger partial charge in [-0.15, -0.1) is 0 Å². The number of hydrogen-bond acceptors (Lipinski definition) is 5. The molecule has 0 aliphatic carbocycles. The number of piperazine rings is 1. The van der Waals surface area contributed by atoms with Gasteiger partial charge in [0.1, 0.15) is 25.2 Å². The minimum Gasteiger partial charge on any atom is -0.357 e. The van der Waals surface area contributed by atoms with Crippen molar-refractivity contribution in [3.05, 3.63) is 12.7 Å². The van der Waals surface area contributed by atoms with E-state index in [0.717, 1.165) is 0 Å². The molecule has 1 saturated heterocycles. The maximum atomic E-state index is 12.1. The second-order valence-electron chi connectivity index (χ2n) is 4.01. The summed E-state index contributed by atoms with van der Waals surface area (Å²) < 4.78 is 1.45. The van der Waals surface area contributed by atoms with Gasteiger partial charge in [-0.2, -0.15) is 5.10 Å². The van der Waals surface area contributed by atoms with Crippen LogP contribution in [0.3, 0.4) is 0 Å². The topological polar surface area (TPSA) is 92.2 Å². The van der Waals surface area contributed by atoms with Crippen molar-refractivity contribution in [1.82, 2.24) is 30.3 Å². The molecule has 1 aliphatic heterocycles. The molecule has 1 aromatic rings. The van der Waals surface area contributed by atoms with E-state index in [9.17, 15) is 9.59 Å². The molecule has 98 valence electrons. The molecule has 8 heteroatoms. The zero-order valence-corrected chi connectivity index (χ0v) is 10.2. The maximum absolute atomic E-state index is 12.1. The van der Waals surface area contributed by atoms with E-state index >= 15 is 0 Å². The summed E-state index contributed by atoms with van der Waals surface area (Å²) in [7, 11) is 1.57. The number of likely N-dealkylation sites (N-methyl/N-ethyl adjacent to an activating group) is 1. The number of carbonyl (C=O) groups is 2. The van der Waals surface area contributed by atoms with E-state index in [2.05, 4.69) is 20.7 Å². The number of nitrogens with zero attached hydrogens (tertiary/aromatic N) is 4. The number of nitrogens with one attached hydrogen (secondary N) is 2. The van der Waals surface area contributed by atoms with Gasteiger partial charge in [0.2, 0.25) is 11.8 Å². The van der Waals surface area contributed by atoms with E-state index in [1.165, 1.54) is 17.3 Å². The summed E-state index contributed by atoms with van der Waals surface area (Å²) in [5.74, 6) is -0.287. The van der Waals surface area contributed by atoms with Crippen LogP contribution in [0.5, 0.6) is 0 Å². The van der Waals surface area contributed by atoms with Gasteiger partial charge in [0.15, 0.2) is 0 Å². The summed E-state index contributed by atoms with van der Waals surface area (Å²) in [6.45, 7) is 1.79. The molecular formula is C10H16N6O2. The van der Waals surface area contributed by atoms with Crippen LogP contribution in [0.15, 0.2) is 12.7 Å². The van der Waals surface area contributed by atoms with Gasteiger partial charge in [0.25, 0.3) is 0 Å². The maximum Gasteiger partial charge on any atom is 0.245 e. The molecule has 2 amide bonds. The monoisotopic (exact) mass is 252 g/mol. The van der Waals surface area contributed by atoms with Crippen LogP contribution in [0.1, 0.15) is 0 Å². The number of aromatic nitrogens is 3. The first-order chi connectivity index (χ1) is 8.72. The lowest BCUT2D eigenvalue weighted by Crippen LogP contribution is -2.59. The van der Waals surface area contributed by atoms with Crippen LogP contribution in [0.25, 0.3) is 0 Å². The van der Waals surface area contributed by atoms with Crippen molar-refractivity contribution >= 4 is 11.8 Å². The third-order valence-corrected chi connectivity index (χ3v) is 2.88. The molecule has 1 fully saturated rings. The van der Waals surface area contributed by atoms with Gasteiger partial charge in [-0.05, 0) is 0 Å². The number of carbonyl (C=O) groups excluding carboxylic acids is 2. The molecule has 18 heavy (non-hydrogen) atoms. The summed E-state index contributed by atoms with van der Waals surface area (Å²) in [4.78, 5) is 29.2. The van der Waals surface area contributed by atoms with Gasteiger partial charge in [-0.25, -0.2) is 9.67 Å². The van der Waals surface area contributed by atoms with Crippen molar-refractivity contribution in [2.75, 3.05) is 26.7 Å². The lowest BCUT2D eigenvalue weighted by molar-refractivity contribution is -0.142. The molecule has 8 nitrogen and oxygen atoms in total. The van der Waals surface area contributed by atoms with Crippen molar-refractivity contribution in [1.29, 1.82) is 0 Å². The molecule has 0 saturated carbocycles. The third-order valence-electron chi connectivity index (χ3n) is 2.88. The van der Waals surface area contributed by atoms with E-state index in [-0.39, 0.29) is 18.4 Å². The molecular weight excluding hydrogens is 236 g/mol. The van der Waals surface area contributed by atoms with Gasteiger partial charge >= 0.3 is 0 Å². The Bertz CT molecular complexity index is 418. The Morgan fingerprint density at radius 1 is 1.56 bits per heavy atom. The predicted molar refractivity (Wildman–Crippen MR) is 62.5 cm³/mol. The first-order valence-electron chi connectivity index (χ1n) is 5.76. The zero-order chi connectivity index (χ0) is 13.0. The minimum atomic E-state index is -0.459. The molecule has 1 aromatic heterocycles. The first kappa shape index (κ1) is 12.5. The van der Waals surface area contributed by atoms with Crippen LogP contribution in [0.4, 0.5) is 0 Å². The summed E-state index contributed by atoms with van der Waals surface area (Å²) in [6, 6.07) is -0.459. The largest absolute Gasteiger partial charge is 0.357 e. The lowest BCUT2D eigenvalue weighted by Gasteiger charge is -2.34. The SMILES string of the molecule is CNC(=O)C1CNCCN1C(=O)Cn1cncn1. The summed E-state index contributed by atoms with van der Waals surface area (Å²) in [5.41, 5.74) is 0. The molecule has 0 spiro atoms. The van der Waals surface area contributed by atoms with Crippen molar-refractivity contribution in [3.63, 3.8) is 0 Å². The van der Waals surface area contributed by atoms with Gasteiger partial charge in [-0.3, -0.25) is 9.59 Å². The van der Waals surface area contributed by atoms with E-state index in [4.69, 9.17) is 0 Å². The first-order valence-corrected chi connectivity index (χ1v) is 5.76. The molecule has 0 aromatic carbocycles. The Hall–Kier alpha value is -1.96. The van der Waals surface area contributed by atoms with Crippen molar-refractivity contribution in [3.8, 4) is 0 Å². The molecule has 2 heterocycles. The molecule has 0 radical (unpaired) electrons. The number of hydrogen-bond donors (Lipinski definition) is 2. The summed E-state index contributed by atoms with van der Waals surface area (Å²) in [6.07, 6.45) is 2.86. The zero-order valence-electron chi connectivity index (χ0n) is 10.2. The van der Waals surface area contributed by atoms with Crippen LogP contribution >= 0.6 is 0 Å². The van der Waals surface area contributed by atoms with E-state index < -0.39 is 6.04 Å². The van der Waals surface area contributed by atoms with Crippen LogP contribution in [0.2, 0.25) is 0 Å². The van der Waals surface area contributed by atoms with Gasteiger partial charge in [0.05, 0.1) is 0 Å². The fourth-order valence-corrected chi connectivity index (χ4v) is 1.95. The summed E-state index contributed by atoms with van der Waals surface area (Å²) in [5, 5.41) is 9.56. The van der Waals surface area contributed by atoms with E-state index in [1.54, 1.807) is 11.9 Å². The fourth-order valence-electron chi connectivity index (χ4n) is 1.95. The van der Waals surface area contributed by atoms with Gasteiger partial charge < -0.3 is 15.5 Å². The summed E-state index contributed by atoms with van der Waals surface area (Å²) >= 11 is 0. The number of rotatable bonds is 3. The Balaban J connectivity index is 2.04. The Morgan fingerprint density at radius 2 is 2.39 bits per heavy atom. The molecule has 2 rings (SSSR count). The molecule has 1 aliphatic rings. The second kappa shape index (κ2) is 5.58. The third kappa shape index (κ3) is 2.65. The van der Waals surface area contributed by atoms with Gasteiger partial charge in [-0.1, -0.05) is 0 Å². The molecule has 1 atom stereocenters. The van der Waals surface area contributed by atoms with Crippen LogP contribution < -0.4 is 10.6 Å². The van der Waals surface area contributed by atoms with E-state index in [0.29, 0.717) is 19.6 Å². The van der Waals surface area contributed by atoms with Crippen LogP contribution in [0, 0.1) is 0 Å². The highest BCUT2D eigenvalue weighted by atomic mass is 16.2. The molecule has 2 N–H and O–H groups in total. The van der Waals surface area contributed by atoms with Crippen LogP contribution in [-0.2, 0) is 16.1 Å². The molecule has 0 bridgehead atoms. The number of amides is 2. The van der Waals surface area contributed by atoms with Crippen molar-refractivity contribution < 1.29 is 9.59 Å². The smallest absolute Gasteiger partial charge is 0.245 e. The quantitative estimate of drug-likeness (QED) is 0.638. The predicted octanol–water partition coefficient (Wildman–Crippen LogP) is -2.18. The second-order valence-corrected chi connectivity index (χ2v) is 4.01. The van der Waals surface area contributed by atoms with Crippen molar-refractivity contribution in [2.24, 2.45) is 0 Å². The molecule has 1 unspecified atom stereocenters. The lowest BCUT2D eigenvalue weighted by atomic mass is 10.1. The Kier molecular flexibility index (Phi) is 3.88. The van der Waals surface area contributed by atoms with Crippen LogP contribution in [-0.4, -0.2) is 64.2 Å². The highest BCUT2D eigenvalue weighted by molar-refractivity contribution is 5.87. The van der Waals surface area contributed by atoms with Crippen molar-refractivity contribution in [2.45, 2.75) is 12.6 Å². The normalized spacial score (nSPS) is 19.6. The average Bonchev–Trinajstić information content (AvgIpc) is 2.90. The standard InChI is InChI=1S/C10H16N6O2/c1-11-10(18)8-4-12-2-3-16(8)9(17)5-15-7-13-6-14-15/h6-8,12H,2-5H2,1H3,(H,11,18). The highest BCUT2D eigenvalue weighted by Crippen LogP contribution is 2.05. The Morgan fingerprint density at radius 3 is 3.06 bits per heavy atom. The Labute approximate surface area is 104 Å². The minimum absolute atomic E-state index is 0.105. The van der Waals surface area contributed by atoms with Gasteiger partial charge in [0, 0.05) is 26.7 Å². The fraction of sp³-hybridized carbons (Fsp3) is 0.600. The highest BCUT2D eigenvalue weighted by Gasteiger charge is 2.31. The van der Waals surface area contributed by atoms with E-state index in [1.807, 2.05) is 0 Å². The average molecular weight is 252 g/mol.